The Labute approximate surface area is 646 Å². The summed E-state index contributed by atoms with van der Waals surface area (Å²) in [6.07, 6.45) is -16.2. The lowest BCUT2D eigenvalue weighted by molar-refractivity contribution is -0.219. The zero-order valence-electron chi connectivity index (χ0n) is 66.7. The van der Waals surface area contributed by atoms with E-state index in [4.69, 9.17) is 9.47 Å². The molecule has 4 saturated carbocycles. The summed E-state index contributed by atoms with van der Waals surface area (Å²) in [6.45, 7) is 9.14. The number of halogens is 8. The van der Waals surface area contributed by atoms with Crippen molar-refractivity contribution in [1.82, 2.24) is 60.0 Å². The molecule has 12 amide bonds. The molecule has 0 aromatic rings. The molecular formula is C77H120F8N12O14. The smallest absolute Gasteiger partial charge is 0.378 e. The molecule has 4 saturated heterocycles. The van der Waals surface area contributed by atoms with Crippen molar-refractivity contribution in [3.05, 3.63) is 0 Å². The summed E-state index contributed by atoms with van der Waals surface area (Å²) in [7, 11) is 8.09. The zero-order valence-corrected chi connectivity index (χ0v) is 66.7. The Kier molecular flexibility index (Phi) is 31.0. The normalized spacial score (nSPS) is 33.5. The van der Waals surface area contributed by atoms with Gasteiger partial charge in [0, 0.05) is 81.5 Å². The summed E-state index contributed by atoms with van der Waals surface area (Å²) in [5.74, 6) is -17.4. The molecule has 0 radical (unpaired) electrons. The predicted molar refractivity (Wildman–Crippen MR) is 390 cm³/mol. The second-order valence-corrected chi connectivity index (χ2v) is 33.1. The molecule has 8 aliphatic rings. The van der Waals surface area contributed by atoms with Gasteiger partial charge >= 0.3 is 12.4 Å². The fraction of sp³-hybridized carbons (Fsp3) is 0.844. The number of carbonyl (C=O) groups excluding carboxylic acids is 12. The molecule has 0 aromatic carbocycles. The first-order valence-electron chi connectivity index (χ1n) is 40.2. The largest absolute Gasteiger partial charge is 0.397 e. The number of nitrogens with one attached hydrogen (secondary N) is 3. The van der Waals surface area contributed by atoms with Crippen LogP contribution in [0.3, 0.4) is 0 Å². The third-order valence-electron chi connectivity index (χ3n) is 25.7. The minimum absolute atomic E-state index is 0.000335. The summed E-state index contributed by atoms with van der Waals surface area (Å²) in [5.41, 5.74) is -1.73. The van der Waals surface area contributed by atoms with Crippen LogP contribution in [0.4, 0.5) is 35.1 Å². The van der Waals surface area contributed by atoms with E-state index in [-0.39, 0.29) is 123 Å². The third kappa shape index (κ3) is 21.3. The molecule has 26 nitrogen and oxygen atoms in total. The molecule has 4 aliphatic carbocycles. The number of amides is 12. The molecule has 628 valence electrons. The van der Waals surface area contributed by atoms with Gasteiger partial charge in [0.15, 0.2) is 0 Å². The Hall–Kier alpha value is -7.00. The summed E-state index contributed by atoms with van der Waals surface area (Å²) < 4.78 is 127. The average molecular weight is 1590 g/mol. The minimum Gasteiger partial charge on any atom is -0.378 e. The van der Waals surface area contributed by atoms with E-state index in [0.717, 1.165) is 29.4 Å². The molecule has 2 bridgehead atoms. The van der Waals surface area contributed by atoms with Crippen LogP contribution >= 0.6 is 0 Å². The van der Waals surface area contributed by atoms with Crippen LogP contribution in [0, 0.1) is 47.3 Å². The highest BCUT2D eigenvalue weighted by molar-refractivity contribution is 6.01. The van der Waals surface area contributed by atoms with Crippen molar-refractivity contribution in [2.45, 2.75) is 267 Å². The van der Waals surface area contributed by atoms with Gasteiger partial charge in [-0.15, -0.1) is 0 Å². The van der Waals surface area contributed by atoms with Crippen LogP contribution in [-0.4, -0.2) is 301 Å². The second-order valence-electron chi connectivity index (χ2n) is 33.1. The van der Waals surface area contributed by atoms with Crippen LogP contribution in [0.15, 0.2) is 0 Å². The number of likely N-dealkylation sites (N-methyl/N-ethyl adjacent to an activating group) is 6. The Morgan fingerprint density at radius 1 is 0.604 bits per heavy atom. The molecule has 8 rings (SSSR count). The lowest BCUT2D eigenvalue weighted by Crippen LogP contribution is -2.65. The number of carbonyl (C=O) groups is 12. The molecule has 1 spiro atoms. The molecule has 4 aliphatic heterocycles. The quantitative estimate of drug-likeness (QED) is 0.183. The van der Waals surface area contributed by atoms with Crippen molar-refractivity contribution < 1.29 is 102 Å². The first kappa shape index (κ1) is 89.5. The third-order valence-corrected chi connectivity index (χ3v) is 25.7. The van der Waals surface area contributed by atoms with Crippen molar-refractivity contribution in [3.63, 3.8) is 0 Å². The first-order chi connectivity index (χ1) is 52.2. The number of nitrogens with zero attached hydrogens (tertiary/aromatic N) is 9. The van der Waals surface area contributed by atoms with E-state index in [1.165, 1.54) is 57.0 Å². The number of rotatable bonds is 12. The number of morpholine rings is 1. The molecule has 2 unspecified atom stereocenters. The molecule has 4 heterocycles. The summed E-state index contributed by atoms with van der Waals surface area (Å²) >= 11 is 0. The molecule has 111 heavy (non-hydrogen) atoms. The number of alkyl halides is 8. The van der Waals surface area contributed by atoms with Crippen LogP contribution in [-0.2, 0) is 67.0 Å². The Bertz CT molecular complexity index is 3280. The van der Waals surface area contributed by atoms with Crippen LogP contribution in [0.25, 0.3) is 0 Å². The van der Waals surface area contributed by atoms with Crippen molar-refractivity contribution in [3.8, 4) is 0 Å². The van der Waals surface area contributed by atoms with E-state index in [1.54, 1.807) is 27.7 Å². The van der Waals surface area contributed by atoms with Gasteiger partial charge in [-0.05, 0) is 139 Å². The summed E-state index contributed by atoms with van der Waals surface area (Å²) in [4.78, 5) is 194. The number of ether oxygens (including phenoxy) is 2. The number of hydrogen-bond acceptors (Lipinski definition) is 14. The van der Waals surface area contributed by atoms with E-state index < -0.39 is 236 Å². The van der Waals surface area contributed by atoms with Crippen molar-refractivity contribution in [2.75, 3.05) is 101 Å². The zero-order chi connectivity index (χ0) is 82.0. The van der Waals surface area contributed by atoms with Gasteiger partial charge in [0.05, 0.1) is 44.7 Å². The Balaban J connectivity index is 1.22. The lowest BCUT2D eigenvalue weighted by atomic mass is 9.76. The maximum Gasteiger partial charge on any atom is 0.397 e. The molecular weight excluding hydrogens is 1470 g/mol. The van der Waals surface area contributed by atoms with E-state index >= 15 is 42.3 Å². The highest BCUT2D eigenvalue weighted by atomic mass is 19.4. The molecule has 8 fully saturated rings. The number of fused-ring (bicyclic) bond motifs is 3. The van der Waals surface area contributed by atoms with E-state index in [9.17, 15) is 50.3 Å². The van der Waals surface area contributed by atoms with Crippen LogP contribution in [0.5, 0.6) is 0 Å². The van der Waals surface area contributed by atoms with Crippen LogP contribution in [0.1, 0.15) is 183 Å². The monoisotopic (exact) mass is 1590 g/mol. The average Bonchev–Trinajstić information content (AvgIpc) is 1.70. The molecule has 14 atom stereocenters. The van der Waals surface area contributed by atoms with Crippen LogP contribution < -0.4 is 16.0 Å². The van der Waals surface area contributed by atoms with Gasteiger partial charge in [0.1, 0.15) is 72.1 Å². The number of hydrogen-bond donors (Lipinski definition) is 3. The van der Waals surface area contributed by atoms with Gasteiger partial charge in [-0.3, -0.25) is 57.5 Å². The van der Waals surface area contributed by atoms with Crippen LogP contribution in [0.2, 0.25) is 0 Å². The summed E-state index contributed by atoms with van der Waals surface area (Å²) in [6, 6.07) is -11.3. The van der Waals surface area contributed by atoms with Gasteiger partial charge in [0.2, 0.25) is 70.9 Å². The van der Waals surface area contributed by atoms with E-state index in [0.29, 0.717) is 44.9 Å². The molecule has 3 N–H and O–H groups in total. The van der Waals surface area contributed by atoms with Gasteiger partial charge in [0.25, 0.3) is 0 Å². The SMILES string of the molecule is CCO[C@@H]1C[C@H]2C(=O)NC3(CCCC3)C(=O)N(C)[C@@H](C3CCCC3)C(=O)N(C)[C@H](C(=O)N3CCOCC3)CC(=O)N(C)[C@@H](CC)C(=O)N[C@@H]([C@@H](C)CC)C(=O)N(C)CC(=O)N(C)[C@H]3C[C@@H](C)[C@@H](C)CN(C3=O)[C@@H](CC3CCC(C(F)(F)F)CC3)C(=O)N(C)CC(=O)N[C@@H](CCC3CC(F)C(C(F)(F)F)C(F)C3)C(=O)N2C1. The fourth-order valence-electron chi connectivity index (χ4n) is 18.4. The lowest BCUT2D eigenvalue weighted by Gasteiger charge is -2.42. The molecule has 34 heteroatoms. The van der Waals surface area contributed by atoms with E-state index in [2.05, 4.69) is 16.0 Å². The standard InChI is InChI=1S/C77H120F8N12O14/c1-13-44(4)64-72(107)90(8)43-62(100)92(10)57-34-45(5)46(6)40-96(71(57)106)59(37-47-22-25-50(26-23-47)76(80,81)82)69(104)89(7)42-60(98)86-54(27-24-48-35-52(78)63(53(79)36-48)77(83,84)85)68(103)97-41-51(111-15-3)38-56(97)67(102)88-75(28-18-19-29-75)74(109)94(12)65(49-20-16-17-21-49)73(108)93(11)58(70(105)95-30-32-110-33-31-95)39-61(99)91(9)55(14-2)66(101)87-64/h44-59,63-65H,13-43H2,1-12H3,(H,86,98)(H,87,101)(H,88,102)/t44-,45+,46-,47?,48?,50?,51+,52?,53?,54-,55-,56-,57-,58-,59-,63?,64-,65-/m0/s1. The Morgan fingerprint density at radius 2 is 1.22 bits per heavy atom. The topological polar surface area (TPSA) is 289 Å². The summed E-state index contributed by atoms with van der Waals surface area (Å²) in [5, 5.41) is 8.49. The molecule has 0 aromatic heterocycles. The highest BCUT2D eigenvalue weighted by Gasteiger charge is 2.56. The van der Waals surface area contributed by atoms with Crippen molar-refractivity contribution in [1.29, 1.82) is 0 Å². The van der Waals surface area contributed by atoms with Gasteiger partial charge in [-0.25, -0.2) is 8.78 Å². The predicted octanol–water partition coefficient (Wildman–Crippen LogP) is 6.20. The van der Waals surface area contributed by atoms with Gasteiger partial charge < -0.3 is 69.5 Å². The maximum absolute atomic E-state index is 15.8. The second kappa shape index (κ2) is 38.4. The Morgan fingerprint density at radius 3 is 1.79 bits per heavy atom. The minimum atomic E-state index is -5.22. The first-order valence-corrected chi connectivity index (χ1v) is 40.2. The fourth-order valence-corrected chi connectivity index (χ4v) is 18.4. The van der Waals surface area contributed by atoms with Crippen molar-refractivity contribution in [2.24, 2.45) is 47.3 Å². The van der Waals surface area contributed by atoms with Gasteiger partial charge in [-0.1, -0.05) is 66.7 Å². The van der Waals surface area contributed by atoms with Crippen molar-refractivity contribution >= 4 is 70.9 Å². The van der Waals surface area contributed by atoms with E-state index in [1.807, 2.05) is 13.8 Å². The van der Waals surface area contributed by atoms with Gasteiger partial charge in [-0.2, -0.15) is 26.3 Å². The highest BCUT2D eigenvalue weighted by Crippen LogP contribution is 2.46. The maximum atomic E-state index is 15.8.